The molecule has 0 spiro atoms. The molecule has 1 unspecified atom stereocenters. The molecule has 0 bridgehead atoms. The summed E-state index contributed by atoms with van der Waals surface area (Å²) < 4.78 is 31.4. The van der Waals surface area contributed by atoms with Crippen LogP contribution in [0, 0.1) is 0 Å². The van der Waals surface area contributed by atoms with Gasteiger partial charge in [-0.3, -0.25) is 4.72 Å². The number of aryl methyl sites for hydroxylation is 1. The topological polar surface area (TPSA) is 93.8 Å². The molecule has 1 heterocycles. The summed E-state index contributed by atoms with van der Waals surface area (Å²) in [4.78, 5) is 0.510. The van der Waals surface area contributed by atoms with Crippen LogP contribution in [-0.2, 0) is 17.4 Å². The molecule has 0 saturated heterocycles. The highest BCUT2D eigenvalue weighted by molar-refractivity contribution is 7.86. The summed E-state index contributed by atoms with van der Waals surface area (Å²) >= 11 is 0. The van der Waals surface area contributed by atoms with Gasteiger partial charge in [-0.05, 0) is 24.1 Å². The van der Waals surface area contributed by atoms with Gasteiger partial charge in [-0.15, -0.1) is 0 Å². The van der Waals surface area contributed by atoms with E-state index in [1.54, 1.807) is 6.07 Å². The van der Waals surface area contributed by atoms with Gasteiger partial charge in [0.15, 0.2) is 22.4 Å². The number of hydrogen-bond acceptors (Lipinski definition) is 6. The fourth-order valence-electron chi connectivity index (χ4n) is 2.48. The summed E-state index contributed by atoms with van der Waals surface area (Å²) in [7, 11) is 1.37. The maximum atomic E-state index is 12.8. The molecule has 0 aliphatic carbocycles. The molecule has 0 saturated carbocycles. The number of ether oxygens (including phenoxy) is 2. The van der Waals surface area contributed by atoms with Gasteiger partial charge in [0.2, 0.25) is 0 Å². The van der Waals surface area contributed by atoms with E-state index in [0.717, 1.165) is 12.0 Å². The summed E-state index contributed by atoms with van der Waals surface area (Å²) in [6, 6.07) is 8.39. The highest BCUT2D eigenvalue weighted by Gasteiger charge is 2.19. The average molecular weight is 362 g/mol. The highest BCUT2D eigenvalue weighted by Crippen LogP contribution is 2.36. The van der Waals surface area contributed by atoms with Crippen LogP contribution in [0.1, 0.15) is 12.5 Å². The van der Waals surface area contributed by atoms with E-state index in [2.05, 4.69) is 9.88 Å². The molecular weight excluding hydrogens is 344 g/mol. The van der Waals surface area contributed by atoms with E-state index in [9.17, 15) is 9.32 Å². The third-order valence-electron chi connectivity index (χ3n) is 3.77. The van der Waals surface area contributed by atoms with Crippen LogP contribution in [0.5, 0.6) is 17.2 Å². The summed E-state index contributed by atoms with van der Waals surface area (Å²) in [6.07, 6.45) is 0.814. The smallest absolute Gasteiger partial charge is 0.193 e. The maximum absolute atomic E-state index is 12.8. The van der Waals surface area contributed by atoms with Gasteiger partial charge in [0, 0.05) is 12.1 Å². The quantitative estimate of drug-likeness (QED) is 0.699. The predicted molar refractivity (Wildman–Crippen MR) is 94.6 cm³/mol. The van der Waals surface area contributed by atoms with E-state index in [1.807, 2.05) is 19.1 Å². The third kappa shape index (κ3) is 3.25. The third-order valence-corrected chi connectivity index (χ3v) is 4.87. The van der Waals surface area contributed by atoms with Crippen LogP contribution in [0.15, 0.2) is 39.8 Å². The van der Waals surface area contributed by atoms with E-state index in [1.165, 1.54) is 26.4 Å². The second-order valence-corrected chi connectivity index (χ2v) is 6.44. The van der Waals surface area contributed by atoms with Gasteiger partial charge in [-0.25, -0.2) is 4.21 Å². The Bertz CT molecular complexity index is 938. The van der Waals surface area contributed by atoms with Gasteiger partial charge in [-0.1, -0.05) is 18.1 Å². The molecule has 0 aliphatic heterocycles. The number of nitrogens with one attached hydrogen (secondary N) is 1. The first-order valence-corrected chi connectivity index (χ1v) is 8.74. The molecular formula is C17H18N2O5S. The highest BCUT2D eigenvalue weighted by atomic mass is 32.2. The standard InChI is InChI=1S/C17H18N2O5S/c1-4-10-5-6-12(22-2)15(7-10)25(21)19-17-16-13(23-3)8-11(20)9-14(16)24-18-17/h5-9,20H,4H2,1-3H3,(H,18,19). The van der Waals surface area contributed by atoms with E-state index in [-0.39, 0.29) is 11.6 Å². The Morgan fingerprint density at radius 3 is 2.64 bits per heavy atom. The number of fused-ring (bicyclic) bond motifs is 1. The van der Waals surface area contributed by atoms with Gasteiger partial charge >= 0.3 is 0 Å². The molecule has 1 atom stereocenters. The molecule has 0 fully saturated rings. The largest absolute Gasteiger partial charge is 0.508 e. The van der Waals surface area contributed by atoms with Crippen molar-refractivity contribution in [2.24, 2.45) is 0 Å². The first-order valence-electron chi connectivity index (χ1n) is 7.59. The van der Waals surface area contributed by atoms with Crippen molar-refractivity contribution < 1.29 is 23.3 Å². The number of hydrogen-bond donors (Lipinski definition) is 2. The molecule has 8 heteroatoms. The predicted octanol–water partition coefficient (Wildman–Crippen LogP) is 3.25. The van der Waals surface area contributed by atoms with Crippen LogP contribution in [0.2, 0.25) is 0 Å². The molecule has 3 aromatic rings. The summed E-state index contributed by atoms with van der Waals surface area (Å²) in [5, 5.41) is 14.1. The number of phenols is 1. The maximum Gasteiger partial charge on any atom is 0.193 e. The Morgan fingerprint density at radius 2 is 1.96 bits per heavy atom. The lowest BCUT2D eigenvalue weighted by atomic mass is 10.2. The number of nitrogens with zero attached hydrogens (tertiary/aromatic N) is 1. The van der Waals surface area contributed by atoms with Crippen molar-refractivity contribution in [3.8, 4) is 17.2 Å². The fraction of sp³-hybridized carbons (Fsp3) is 0.235. The van der Waals surface area contributed by atoms with Crippen LogP contribution in [0.4, 0.5) is 5.82 Å². The van der Waals surface area contributed by atoms with Gasteiger partial charge < -0.3 is 19.1 Å². The van der Waals surface area contributed by atoms with Crippen LogP contribution in [-0.4, -0.2) is 28.7 Å². The van der Waals surface area contributed by atoms with Crippen LogP contribution in [0.25, 0.3) is 11.0 Å². The van der Waals surface area contributed by atoms with E-state index < -0.39 is 11.0 Å². The summed E-state index contributed by atoms with van der Waals surface area (Å²) in [5.74, 6) is 1.13. The Labute approximate surface area is 147 Å². The van der Waals surface area contributed by atoms with Crippen molar-refractivity contribution in [1.29, 1.82) is 0 Å². The first kappa shape index (κ1) is 17.1. The van der Waals surface area contributed by atoms with Crippen LogP contribution in [0.3, 0.4) is 0 Å². The Morgan fingerprint density at radius 1 is 1.20 bits per heavy atom. The minimum absolute atomic E-state index is 0.00881. The molecule has 3 rings (SSSR count). The summed E-state index contributed by atoms with van der Waals surface area (Å²) in [6.45, 7) is 2.02. The number of methoxy groups -OCH3 is 2. The SMILES string of the molecule is CCc1ccc(OC)c(S(=O)Nc2noc3cc(O)cc(OC)c23)c1. The lowest BCUT2D eigenvalue weighted by molar-refractivity contribution is 0.404. The molecule has 132 valence electrons. The van der Waals surface area contributed by atoms with E-state index in [4.69, 9.17) is 14.0 Å². The lowest BCUT2D eigenvalue weighted by Gasteiger charge is -2.10. The van der Waals surface area contributed by atoms with Crippen LogP contribution < -0.4 is 14.2 Å². The number of phenolic OH excluding ortho intramolecular Hbond substituents is 1. The number of aromatic nitrogens is 1. The molecule has 0 aliphatic rings. The van der Waals surface area contributed by atoms with Crippen molar-refractivity contribution in [3.63, 3.8) is 0 Å². The minimum atomic E-state index is -1.62. The van der Waals surface area contributed by atoms with Crippen molar-refractivity contribution >= 4 is 27.8 Å². The molecule has 0 radical (unpaired) electrons. The van der Waals surface area contributed by atoms with Crippen molar-refractivity contribution in [3.05, 3.63) is 35.9 Å². The molecule has 2 N–H and O–H groups in total. The van der Waals surface area contributed by atoms with Crippen molar-refractivity contribution in [2.45, 2.75) is 18.2 Å². The van der Waals surface area contributed by atoms with Gasteiger partial charge in [-0.2, -0.15) is 0 Å². The first-order chi connectivity index (χ1) is 12.1. The Kier molecular flexibility index (Phi) is 4.80. The molecule has 0 amide bonds. The summed E-state index contributed by atoms with van der Waals surface area (Å²) in [5.41, 5.74) is 1.36. The normalized spacial score (nSPS) is 12.1. The minimum Gasteiger partial charge on any atom is -0.508 e. The zero-order valence-corrected chi connectivity index (χ0v) is 14.8. The van der Waals surface area contributed by atoms with Gasteiger partial charge in [0.05, 0.1) is 14.2 Å². The fourth-order valence-corrected chi connectivity index (χ4v) is 3.50. The zero-order valence-electron chi connectivity index (χ0n) is 14.0. The van der Waals surface area contributed by atoms with E-state index in [0.29, 0.717) is 27.4 Å². The van der Waals surface area contributed by atoms with Crippen molar-refractivity contribution in [1.82, 2.24) is 5.16 Å². The monoisotopic (exact) mass is 362 g/mol. The number of rotatable bonds is 6. The number of benzene rings is 2. The second-order valence-electron chi connectivity index (χ2n) is 5.26. The Balaban J connectivity index is 2.01. The van der Waals surface area contributed by atoms with Gasteiger partial charge in [0.1, 0.15) is 27.5 Å². The van der Waals surface area contributed by atoms with Gasteiger partial charge in [0.25, 0.3) is 0 Å². The number of aromatic hydroxyl groups is 1. The Hall–Kier alpha value is -2.74. The molecule has 1 aromatic heterocycles. The molecule has 7 nitrogen and oxygen atoms in total. The average Bonchev–Trinajstić information content (AvgIpc) is 3.02. The zero-order chi connectivity index (χ0) is 18.0. The van der Waals surface area contributed by atoms with E-state index >= 15 is 0 Å². The molecule has 25 heavy (non-hydrogen) atoms. The van der Waals surface area contributed by atoms with Crippen molar-refractivity contribution in [2.75, 3.05) is 18.9 Å². The second kappa shape index (κ2) is 7.02. The van der Waals surface area contributed by atoms with Crippen LogP contribution >= 0.6 is 0 Å². The molecule has 2 aromatic carbocycles. The lowest BCUT2D eigenvalue weighted by Crippen LogP contribution is -2.07. The number of anilines is 1.